The van der Waals surface area contributed by atoms with Gasteiger partial charge < -0.3 is 9.84 Å². The second kappa shape index (κ2) is 3.72. The Bertz CT molecular complexity index is 138. The van der Waals surface area contributed by atoms with Crippen molar-refractivity contribution < 1.29 is 9.84 Å². The molecule has 0 spiro atoms. The van der Waals surface area contributed by atoms with Gasteiger partial charge in [-0.25, -0.2) is 0 Å². The molecule has 0 saturated carbocycles. The van der Waals surface area contributed by atoms with E-state index in [9.17, 15) is 5.11 Å². The molecule has 66 valence electrons. The van der Waals surface area contributed by atoms with Crippen LogP contribution in [-0.4, -0.2) is 23.7 Å². The quantitative estimate of drug-likeness (QED) is 0.472. The van der Waals surface area contributed by atoms with Crippen LogP contribution in [0.4, 0.5) is 0 Å². The van der Waals surface area contributed by atoms with Crippen molar-refractivity contribution in [3.05, 3.63) is 0 Å². The minimum atomic E-state index is -0.803. The molecule has 0 amide bonds. The van der Waals surface area contributed by atoms with Crippen LogP contribution in [0.2, 0.25) is 0 Å². The lowest BCUT2D eigenvalue weighted by Crippen LogP contribution is -2.35. The lowest BCUT2D eigenvalue weighted by Gasteiger charge is -2.25. The molecule has 11 heavy (non-hydrogen) atoms. The van der Waals surface area contributed by atoms with Crippen LogP contribution in [0.25, 0.3) is 0 Å². The standard InChI is InChI=1S/C8H17NO2/c1-5-11-7(9)6(10)8(2,3)4/h6,9-10H,5H2,1-4H3. The summed E-state index contributed by atoms with van der Waals surface area (Å²) in [6.45, 7) is 7.83. The number of hydrogen-bond donors (Lipinski definition) is 2. The van der Waals surface area contributed by atoms with Gasteiger partial charge in [-0.3, -0.25) is 5.41 Å². The Morgan fingerprint density at radius 3 is 2.27 bits per heavy atom. The Balaban J connectivity index is 4.03. The number of aliphatic hydroxyl groups is 1. The molecule has 0 aliphatic carbocycles. The van der Waals surface area contributed by atoms with Crippen LogP contribution in [0, 0.1) is 10.8 Å². The Kier molecular flexibility index (Phi) is 3.52. The Morgan fingerprint density at radius 2 is 2.00 bits per heavy atom. The van der Waals surface area contributed by atoms with Crippen molar-refractivity contribution in [2.75, 3.05) is 6.61 Å². The third-order valence-electron chi connectivity index (χ3n) is 1.37. The van der Waals surface area contributed by atoms with Crippen molar-refractivity contribution >= 4 is 5.90 Å². The number of aliphatic hydroxyl groups excluding tert-OH is 1. The zero-order valence-electron chi connectivity index (χ0n) is 7.64. The van der Waals surface area contributed by atoms with Gasteiger partial charge in [-0.15, -0.1) is 0 Å². The highest BCUT2D eigenvalue weighted by Crippen LogP contribution is 2.19. The molecule has 0 bridgehead atoms. The molecular formula is C8H17NO2. The molecule has 2 N–H and O–H groups in total. The minimum Gasteiger partial charge on any atom is -0.480 e. The van der Waals surface area contributed by atoms with Crippen molar-refractivity contribution in [3.63, 3.8) is 0 Å². The summed E-state index contributed by atoms with van der Waals surface area (Å²) in [5, 5.41) is 16.7. The van der Waals surface area contributed by atoms with E-state index >= 15 is 0 Å². The van der Waals surface area contributed by atoms with E-state index in [0.717, 1.165) is 0 Å². The zero-order chi connectivity index (χ0) is 9.07. The third-order valence-corrected chi connectivity index (χ3v) is 1.37. The van der Waals surface area contributed by atoms with Crippen LogP contribution in [0.15, 0.2) is 0 Å². The molecule has 0 aliphatic heterocycles. The highest BCUT2D eigenvalue weighted by Gasteiger charge is 2.27. The molecule has 3 heteroatoms. The predicted molar refractivity (Wildman–Crippen MR) is 44.8 cm³/mol. The maximum absolute atomic E-state index is 9.44. The lowest BCUT2D eigenvalue weighted by atomic mass is 9.89. The van der Waals surface area contributed by atoms with Gasteiger partial charge >= 0.3 is 0 Å². The van der Waals surface area contributed by atoms with E-state index in [1.165, 1.54) is 0 Å². The fraction of sp³-hybridized carbons (Fsp3) is 0.875. The van der Waals surface area contributed by atoms with Crippen molar-refractivity contribution in [3.8, 4) is 0 Å². The minimum absolute atomic E-state index is 0.0417. The molecule has 0 aromatic rings. The Hall–Kier alpha value is -0.570. The summed E-state index contributed by atoms with van der Waals surface area (Å²) in [7, 11) is 0. The fourth-order valence-corrected chi connectivity index (χ4v) is 0.628. The first-order valence-electron chi connectivity index (χ1n) is 3.79. The summed E-state index contributed by atoms with van der Waals surface area (Å²) in [4.78, 5) is 0. The molecule has 0 radical (unpaired) electrons. The normalized spacial score (nSPS) is 14.3. The van der Waals surface area contributed by atoms with E-state index in [1.54, 1.807) is 6.92 Å². The maximum Gasteiger partial charge on any atom is 0.210 e. The summed E-state index contributed by atoms with van der Waals surface area (Å²) in [6, 6.07) is 0. The molecule has 1 atom stereocenters. The number of hydrogen-bond acceptors (Lipinski definition) is 3. The van der Waals surface area contributed by atoms with E-state index in [4.69, 9.17) is 10.1 Å². The number of rotatable bonds is 2. The van der Waals surface area contributed by atoms with E-state index in [0.29, 0.717) is 6.61 Å². The molecule has 1 unspecified atom stereocenters. The van der Waals surface area contributed by atoms with Crippen LogP contribution in [-0.2, 0) is 4.74 Å². The van der Waals surface area contributed by atoms with Gasteiger partial charge in [0.1, 0.15) is 6.10 Å². The fourth-order valence-electron chi connectivity index (χ4n) is 0.628. The van der Waals surface area contributed by atoms with E-state index < -0.39 is 6.10 Å². The molecule has 0 saturated heterocycles. The van der Waals surface area contributed by atoms with Crippen molar-refractivity contribution in [2.45, 2.75) is 33.8 Å². The molecule has 0 rings (SSSR count). The van der Waals surface area contributed by atoms with Crippen LogP contribution in [0.3, 0.4) is 0 Å². The van der Waals surface area contributed by atoms with Crippen molar-refractivity contribution in [2.24, 2.45) is 5.41 Å². The SMILES string of the molecule is CCOC(=N)C(O)C(C)(C)C. The van der Waals surface area contributed by atoms with E-state index in [2.05, 4.69) is 0 Å². The average Bonchev–Trinajstić information content (AvgIpc) is 1.85. The second-order valence-corrected chi connectivity index (χ2v) is 3.57. The number of ether oxygens (including phenoxy) is 1. The van der Waals surface area contributed by atoms with Gasteiger partial charge in [0.05, 0.1) is 6.61 Å². The first-order chi connectivity index (χ1) is 4.89. The van der Waals surface area contributed by atoms with Crippen molar-refractivity contribution in [1.29, 1.82) is 5.41 Å². The molecule has 0 aromatic heterocycles. The molecule has 0 aliphatic rings. The van der Waals surface area contributed by atoms with Gasteiger partial charge in [-0.2, -0.15) is 0 Å². The summed E-state index contributed by atoms with van der Waals surface area (Å²) >= 11 is 0. The Morgan fingerprint density at radius 1 is 1.55 bits per heavy atom. The van der Waals surface area contributed by atoms with E-state index in [-0.39, 0.29) is 11.3 Å². The highest BCUT2D eigenvalue weighted by molar-refractivity contribution is 5.78. The van der Waals surface area contributed by atoms with Gasteiger partial charge in [-0.05, 0) is 12.3 Å². The lowest BCUT2D eigenvalue weighted by molar-refractivity contribution is 0.0932. The summed E-state index contributed by atoms with van der Waals surface area (Å²) in [6.07, 6.45) is -0.803. The summed E-state index contributed by atoms with van der Waals surface area (Å²) < 4.78 is 4.86. The zero-order valence-corrected chi connectivity index (χ0v) is 7.64. The van der Waals surface area contributed by atoms with Gasteiger partial charge in [0.25, 0.3) is 0 Å². The molecule has 0 heterocycles. The van der Waals surface area contributed by atoms with Crippen LogP contribution in [0.5, 0.6) is 0 Å². The van der Waals surface area contributed by atoms with E-state index in [1.807, 2.05) is 20.8 Å². The van der Waals surface area contributed by atoms with Gasteiger partial charge in [0.15, 0.2) is 0 Å². The van der Waals surface area contributed by atoms with Gasteiger partial charge in [0.2, 0.25) is 5.90 Å². The smallest absolute Gasteiger partial charge is 0.210 e. The second-order valence-electron chi connectivity index (χ2n) is 3.57. The predicted octanol–water partition coefficient (Wildman–Crippen LogP) is 1.41. The highest BCUT2D eigenvalue weighted by atomic mass is 16.5. The average molecular weight is 159 g/mol. The molecule has 0 aromatic carbocycles. The van der Waals surface area contributed by atoms with Crippen LogP contribution in [0.1, 0.15) is 27.7 Å². The Labute approximate surface area is 67.9 Å². The number of nitrogens with one attached hydrogen (secondary N) is 1. The first kappa shape index (κ1) is 10.4. The largest absolute Gasteiger partial charge is 0.480 e. The van der Waals surface area contributed by atoms with Crippen LogP contribution >= 0.6 is 0 Å². The third kappa shape index (κ3) is 3.37. The van der Waals surface area contributed by atoms with Crippen molar-refractivity contribution in [1.82, 2.24) is 0 Å². The first-order valence-corrected chi connectivity index (χ1v) is 3.79. The topological polar surface area (TPSA) is 53.3 Å². The van der Waals surface area contributed by atoms with Crippen LogP contribution < -0.4 is 0 Å². The summed E-state index contributed by atoms with van der Waals surface area (Å²) in [5.41, 5.74) is -0.313. The molecular weight excluding hydrogens is 142 g/mol. The monoisotopic (exact) mass is 159 g/mol. The molecule has 0 fully saturated rings. The van der Waals surface area contributed by atoms with Gasteiger partial charge in [0, 0.05) is 0 Å². The molecule has 3 nitrogen and oxygen atoms in total. The van der Waals surface area contributed by atoms with Gasteiger partial charge in [-0.1, -0.05) is 20.8 Å². The summed E-state index contributed by atoms with van der Waals surface area (Å²) in [5.74, 6) is -0.0417. The maximum atomic E-state index is 9.44.